The summed E-state index contributed by atoms with van der Waals surface area (Å²) in [5.41, 5.74) is 7.64. The topological polar surface area (TPSA) is 93.5 Å². The Labute approximate surface area is 108 Å². The number of nitrogens with zero attached hydrogens (tertiary/aromatic N) is 3. The summed E-state index contributed by atoms with van der Waals surface area (Å²) in [6.45, 7) is 0. The number of phenolic OH excluding ortho intramolecular Hbond substituents is 1. The average Bonchev–Trinajstić information content (AvgIpc) is 2.87. The Kier molecular flexibility index (Phi) is 2.42. The first-order chi connectivity index (χ1) is 9.16. The van der Waals surface area contributed by atoms with Crippen molar-refractivity contribution in [3.05, 3.63) is 48.3 Å². The summed E-state index contributed by atoms with van der Waals surface area (Å²) in [7, 11) is 0. The number of aromatic nitrogens is 3. The summed E-state index contributed by atoms with van der Waals surface area (Å²) in [6.07, 6.45) is 1.37. The van der Waals surface area contributed by atoms with Crippen molar-refractivity contribution in [3.63, 3.8) is 0 Å². The predicted octanol–water partition coefficient (Wildman–Crippen LogP) is 1.20. The van der Waals surface area contributed by atoms with Crippen LogP contribution < -0.4 is 5.73 Å². The van der Waals surface area contributed by atoms with Crippen LogP contribution >= 0.6 is 0 Å². The molecule has 0 aliphatic rings. The van der Waals surface area contributed by atoms with Crippen molar-refractivity contribution < 1.29 is 9.90 Å². The van der Waals surface area contributed by atoms with Crippen LogP contribution in [0.3, 0.4) is 0 Å². The molecule has 0 radical (unpaired) electrons. The molecule has 1 amide bonds. The Balaban J connectivity index is 2.26. The molecule has 2 heterocycles. The van der Waals surface area contributed by atoms with Crippen molar-refractivity contribution in [2.75, 3.05) is 0 Å². The molecule has 6 nitrogen and oxygen atoms in total. The van der Waals surface area contributed by atoms with Crippen LogP contribution in [0.15, 0.2) is 42.7 Å². The highest BCUT2D eigenvalue weighted by molar-refractivity contribution is 5.99. The predicted molar refractivity (Wildman–Crippen MR) is 68.6 cm³/mol. The number of pyridine rings is 1. The van der Waals surface area contributed by atoms with Gasteiger partial charge in [0.15, 0.2) is 5.65 Å². The average molecular weight is 254 g/mol. The highest BCUT2D eigenvalue weighted by Crippen LogP contribution is 2.23. The molecular formula is C13H10N4O2. The van der Waals surface area contributed by atoms with Crippen molar-refractivity contribution in [1.82, 2.24) is 14.6 Å². The van der Waals surface area contributed by atoms with Gasteiger partial charge in [-0.1, -0.05) is 0 Å². The molecule has 1 aromatic carbocycles. The molecule has 0 saturated heterocycles. The van der Waals surface area contributed by atoms with Gasteiger partial charge in [0.25, 0.3) is 5.91 Å². The quantitative estimate of drug-likeness (QED) is 0.718. The molecule has 0 atom stereocenters. The molecule has 2 aromatic heterocycles. The van der Waals surface area contributed by atoms with Gasteiger partial charge in [0.05, 0.1) is 11.3 Å². The lowest BCUT2D eigenvalue weighted by Gasteiger charge is -2.06. The fourth-order valence-corrected chi connectivity index (χ4v) is 1.95. The van der Waals surface area contributed by atoms with E-state index in [1.54, 1.807) is 40.9 Å². The molecule has 0 aliphatic carbocycles. The lowest BCUT2D eigenvalue weighted by Crippen LogP contribution is -2.13. The van der Waals surface area contributed by atoms with Gasteiger partial charge in [-0.2, -0.15) is 5.10 Å². The van der Waals surface area contributed by atoms with Crippen molar-refractivity contribution in [3.8, 4) is 17.0 Å². The number of amides is 1. The fourth-order valence-electron chi connectivity index (χ4n) is 1.95. The molecular weight excluding hydrogens is 244 g/mol. The Hall–Kier alpha value is -2.89. The normalized spacial score (nSPS) is 10.7. The molecule has 0 saturated carbocycles. The van der Waals surface area contributed by atoms with Gasteiger partial charge in [-0.15, -0.1) is 0 Å². The minimum absolute atomic E-state index is 0.187. The maximum absolute atomic E-state index is 11.3. The van der Waals surface area contributed by atoms with Crippen molar-refractivity contribution in [2.24, 2.45) is 5.73 Å². The van der Waals surface area contributed by atoms with E-state index in [-0.39, 0.29) is 5.75 Å². The number of nitrogens with two attached hydrogens (primary N) is 1. The highest BCUT2D eigenvalue weighted by atomic mass is 16.3. The largest absolute Gasteiger partial charge is 0.508 e. The first kappa shape index (κ1) is 11.2. The summed E-state index contributed by atoms with van der Waals surface area (Å²) in [4.78, 5) is 15.4. The summed E-state index contributed by atoms with van der Waals surface area (Å²) in [6, 6.07) is 10.0. The zero-order chi connectivity index (χ0) is 13.4. The van der Waals surface area contributed by atoms with Gasteiger partial charge in [-0.05, 0) is 36.4 Å². The summed E-state index contributed by atoms with van der Waals surface area (Å²) in [5.74, 6) is -0.359. The smallest absolute Gasteiger partial charge is 0.252 e. The van der Waals surface area contributed by atoms with Crippen molar-refractivity contribution in [2.45, 2.75) is 0 Å². The van der Waals surface area contributed by atoms with Crippen LogP contribution in [0.4, 0.5) is 0 Å². The number of hydrogen-bond donors (Lipinski definition) is 2. The van der Waals surface area contributed by atoms with Gasteiger partial charge in [0.1, 0.15) is 12.1 Å². The Morgan fingerprint density at radius 2 is 1.89 bits per heavy atom. The maximum atomic E-state index is 11.3. The van der Waals surface area contributed by atoms with E-state index in [1.807, 2.05) is 0 Å². The van der Waals surface area contributed by atoms with Gasteiger partial charge < -0.3 is 10.8 Å². The van der Waals surface area contributed by atoms with Gasteiger partial charge in [0.2, 0.25) is 0 Å². The SMILES string of the molecule is NC(=O)c1ccc(-c2ccc(O)cc2)n2ncnc12. The summed E-state index contributed by atoms with van der Waals surface area (Å²) in [5, 5.41) is 13.4. The van der Waals surface area contributed by atoms with Crippen LogP contribution in [0, 0.1) is 0 Å². The minimum atomic E-state index is -0.546. The Bertz CT molecular complexity index is 762. The van der Waals surface area contributed by atoms with E-state index >= 15 is 0 Å². The van der Waals surface area contributed by atoms with Gasteiger partial charge in [-0.25, -0.2) is 9.50 Å². The molecule has 0 fully saturated rings. The minimum Gasteiger partial charge on any atom is -0.508 e. The number of rotatable bonds is 2. The number of hydrogen-bond acceptors (Lipinski definition) is 4. The van der Waals surface area contributed by atoms with Gasteiger partial charge >= 0.3 is 0 Å². The van der Waals surface area contributed by atoms with Crippen LogP contribution in [0.25, 0.3) is 16.9 Å². The van der Waals surface area contributed by atoms with E-state index in [1.165, 1.54) is 6.33 Å². The number of fused-ring (bicyclic) bond motifs is 1. The lowest BCUT2D eigenvalue weighted by molar-refractivity contribution is 0.100. The zero-order valence-electron chi connectivity index (χ0n) is 9.82. The number of phenols is 1. The van der Waals surface area contributed by atoms with E-state index in [0.29, 0.717) is 11.2 Å². The molecule has 3 aromatic rings. The van der Waals surface area contributed by atoms with Gasteiger partial charge in [0, 0.05) is 5.56 Å². The number of carbonyl (C=O) groups is 1. The fraction of sp³-hybridized carbons (Fsp3) is 0. The second kappa shape index (κ2) is 4.09. The van der Waals surface area contributed by atoms with Crippen LogP contribution in [0.5, 0.6) is 5.75 Å². The van der Waals surface area contributed by atoms with E-state index < -0.39 is 5.91 Å². The van der Waals surface area contributed by atoms with E-state index in [0.717, 1.165) is 11.3 Å². The molecule has 6 heteroatoms. The number of primary amides is 1. The first-order valence-corrected chi connectivity index (χ1v) is 5.59. The van der Waals surface area contributed by atoms with Crippen molar-refractivity contribution in [1.29, 1.82) is 0 Å². The van der Waals surface area contributed by atoms with Crippen LogP contribution in [-0.4, -0.2) is 25.6 Å². The second-order valence-electron chi connectivity index (χ2n) is 4.04. The van der Waals surface area contributed by atoms with Crippen LogP contribution in [0.2, 0.25) is 0 Å². The summed E-state index contributed by atoms with van der Waals surface area (Å²) >= 11 is 0. The molecule has 19 heavy (non-hydrogen) atoms. The summed E-state index contributed by atoms with van der Waals surface area (Å²) < 4.78 is 1.55. The first-order valence-electron chi connectivity index (χ1n) is 5.59. The molecule has 3 N–H and O–H groups in total. The Morgan fingerprint density at radius 1 is 1.16 bits per heavy atom. The van der Waals surface area contributed by atoms with Crippen LogP contribution in [-0.2, 0) is 0 Å². The number of carbonyl (C=O) groups excluding carboxylic acids is 1. The standard InChI is InChI=1S/C13H10N4O2/c14-12(19)10-5-6-11(17-13(10)15-7-16-17)8-1-3-9(18)4-2-8/h1-7,18H,(H2,14,19). The van der Waals surface area contributed by atoms with E-state index in [4.69, 9.17) is 5.73 Å². The third-order valence-electron chi connectivity index (χ3n) is 2.85. The monoisotopic (exact) mass is 254 g/mol. The zero-order valence-corrected chi connectivity index (χ0v) is 9.82. The number of aromatic hydroxyl groups is 1. The second-order valence-corrected chi connectivity index (χ2v) is 4.04. The molecule has 0 bridgehead atoms. The van der Waals surface area contributed by atoms with E-state index in [2.05, 4.69) is 10.1 Å². The van der Waals surface area contributed by atoms with Gasteiger partial charge in [-0.3, -0.25) is 4.79 Å². The maximum Gasteiger partial charge on any atom is 0.252 e. The van der Waals surface area contributed by atoms with Crippen LogP contribution in [0.1, 0.15) is 10.4 Å². The third kappa shape index (κ3) is 1.79. The lowest BCUT2D eigenvalue weighted by atomic mass is 10.1. The Morgan fingerprint density at radius 3 is 2.58 bits per heavy atom. The molecule has 0 unspecified atom stereocenters. The number of benzene rings is 1. The van der Waals surface area contributed by atoms with Crippen molar-refractivity contribution >= 4 is 11.6 Å². The molecule has 0 spiro atoms. The highest BCUT2D eigenvalue weighted by Gasteiger charge is 2.12. The molecule has 0 aliphatic heterocycles. The molecule has 94 valence electrons. The molecule has 3 rings (SSSR count). The third-order valence-corrected chi connectivity index (χ3v) is 2.85. The van der Waals surface area contributed by atoms with E-state index in [9.17, 15) is 9.90 Å².